The van der Waals surface area contributed by atoms with E-state index in [0.717, 1.165) is 37.8 Å². The highest BCUT2D eigenvalue weighted by atomic mass is 16.2. The summed E-state index contributed by atoms with van der Waals surface area (Å²) in [4.78, 5) is 25.9. The average molecular weight is 379 g/mol. The van der Waals surface area contributed by atoms with Gasteiger partial charge in [0.15, 0.2) is 0 Å². The number of benzene rings is 1. The van der Waals surface area contributed by atoms with Gasteiger partial charge in [0.05, 0.1) is 23.0 Å². The SMILES string of the molecule is CC(NCc1ccnc(N2CCN(C)CC2)n1)C(=O)Nc1ccccc1C#N. The van der Waals surface area contributed by atoms with Gasteiger partial charge in [0, 0.05) is 38.9 Å². The van der Waals surface area contributed by atoms with Gasteiger partial charge in [-0.25, -0.2) is 9.97 Å². The predicted molar refractivity (Wildman–Crippen MR) is 108 cm³/mol. The summed E-state index contributed by atoms with van der Waals surface area (Å²) < 4.78 is 0. The Kier molecular flexibility index (Phi) is 6.53. The summed E-state index contributed by atoms with van der Waals surface area (Å²) in [5.41, 5.74) is 1.79. The minimum atomic E-state index is -0.436. The van der Waals surface area contributed by atoms with E-state index in [4.69, 9.17) is 5.26 Å². The maximum atomic E-state index is 12.4. The van der Waals surface area contributed by atoms with Crippen LogP contribution in [0.2, 0.25) is 0 Å². The number of carbonyl (C=O) groups excluding carboxylic acids is 1. The first-order chi connectivity index (χ1) is 13.6. The molecule has 0 saturated carbocycles. The molecule has 0 bridgehead atoms. The number of anilines is 2. The van der Waals surface area contributed by atoms with Gasteiger partial charge >= 0.3 is 0 Å². The van der Waals surface area contributed by atoms with E-state index in [2.05, 4.69) is 43.5 Å². The summed E-state index contributed by atoms with van der Waals surface area (Å²) in [6.45, 7) is 6.04. The van der Waals surface area contributed by atoms with Crippen molar-refractivity contribution in [1.29, 1.82) is 5.26 Å². The number of nitriles is 1. The van der Waals surface area contributed by atoms with Gasteiger partial charge < -0.3 is 20.4 Å². The lowest BCUT2D eigenvalue weighted by atomic mass is 10.2. The van der Waals surface area contributed by atoms with Crippen LogP contribution in [-0.2, 0) is 11.3 Å². The smallest absolute Gasteiger partial charge is 0.241 e. The first-order valence-corrected chi connectivity index (χ1v) is 9.35. The zero-order valence-electron chi connectivity index (χ0n) is 16.2. The molecule has 1 aromatic heterocycles. The Morgan fingerprint density at radius 2 is 2.00 bits per heavy atom. The molecule has 1 fully saturated rings. The molecule has 0 aliphatic carbocycles. The molecule has 146 valence electrons. The van der Waals surface area contributed by atoms with Crippen LogP contribution in [0.5, 0.6) is 0 Å². The number of aromatic nitrogens is 2. The van der Waals surface area contributed by atoms with Crippen LogP contribution >= 0.6 is 0 Å². The number of carbonyl (C=O) groups is 1. The van der Waals surface area contributed by atoms with Gasteiger partial charge in [-0.3, -0.25) is 4.79 Å². The van der Waals surface area contributed by atoms with Gasteiger partial charge in [0.1, 0.15) is 6.07 Å². The van der Waals surface area contributed by atoms with Crippen LogP contribution in [0.3, 0.4) is 0 Å². The minimum absolute atomic E-state index is 0.198. The van der Waals surface area contributed by atoms with E-state index in [1.54, 1.807) is 37.4 Å². The van der Waals surface area contributed by atoms with Crippen LogP contribution in [0.1, 0.15) is 18.2 Å². The molecule has 28 heavy (non-hydrogen) atoms. The van der Waals surface area contributed by atoms with Crippen molar-refractivity contribution in [3.63, 3.8) is 0 Å². The molecule has 8 heteroatoms. The van der Waals surface area contributed by atoms with Crippen LogP contribution in [0.25, 0.3) is 0 Å². The van der Waals surface area contributed by atoms with Gasteiger partial charge in [-0.1, -0.05) is 12.1 Å². The number of hydrogen-bond acceptors (Lipinski definition) is 7. The summed E-state index contributed by atoms with van der Waals surface area (Å²) in [5, 5.41) is 15.1. The number of amides is 1. The van der Waals surface area contributed by atoms with Crippen LogP contribution < -0.4 is 15.5 Å². The van der Waals surface area contributed by atoms with Crippen molar-refractivity contribution in [1.82, 2.24) is 20.2 Å². The Morgan fingerprint density at radius 1 is 1.25 bits per heavy atom. The summed E-state index contributed by atoms with van der Waals surface area (Å²) >= 11 is 0. The number of nitrogens with zero attached hydrogens (tertiary/aromatic N) is 5. The van der Waals surface area contributed by atoms with E-state index in [9.17, 15) is 4.79 Å². The van der Waals surface area contributed by atoms with E-state index < -0.39 is 6.04 Å². The number of rotatable bonds is 6. The zero-order valence-corrected chi connectivity index (χ0v) is 16.2. The number of likely N-dealkylation sites (N-methyl/N-ethyl adjacent to an activating group) is 1. The Morgan fingerprint density at radius 3 is 2.75 bits per heavy atom. The molecular formula is C20H25N7O. The third-order valence-corrected chi connectivity index (χ3v) is 4.77. The fraction of sp³-hybridized carbons (Fsp3) is 0.400. The van der Waals surface area contributed by atoms with Crippen LogP contribution in [0.4, 0.5) is 11.6 Å². The molecule has 2 aromatic rings. The summed E-state index contributed by atoms with van der Waals surface area (Å²) in [6, 6.07) is 10.4. The average Bonchev–Trinajstić information content (AvgIpc) is 2.73. The normalized spacial score (nSPS) is 15.7. The highest BCUT2D eigenvalue weighted by Crippen LogP contribution is 2.14. The molecule has 1 aliphatic rings. The van der Waals surface area contributed by atoms with Crippen LogP contribution in [-0.4, -0.2) is 60.0 Å². The largest absolute Gasteiger partial charge is 0.338 e. The highest BCUT2D eigenvalue weighted by molar-refractivity contribution is 5.95. The van der Waals surface area contributed by atoms with Gasteiger partial charge in [0.2, 0.25) is 11.9 Å². The zero-order chi connectivity index (χ0) is 19.9. The van der Waals surface area contributed by atoms with E-state index in [1.807, 2.05) is 6.07 Å². The molecular weight excluding hydrogens is 354 g/mol. The van der Waals surface area contributed by atoms with Crippen molar-refractivity contribution in [2.75, 3.05) is 43.4 Å². The Labute approximate surface area is 165 Å². The van der Waals surface area contributed by atoms with Gasteiger partial charge in [-0.15, -0.1) is 0 Å². The number of hydrogen-bond donors (Lipinski definition) is 2. The second-order valence-electron chi connectivity index (χ2n) is 6.89. The monoisotopic (exact) mass is 379 g/mol. The molecule has 1 aliphatic heterocycles. The number of para-hydroxylation sites is 1. The minimum Gasteiger partial charge on any atom is -0.338 e. The third kappa shape index (κ3) is 5.03. The van der Waals surface area contributed by atoms with Gasteiger partial charge in [-0.2, -0.15) is 5.26 Å². The maximum Gasteiger partial charge on any atom is 0.241 e. The lowest BCUT2D eigenvalue weighted by Crippen LogP contribution is -2.45. The van der Waals surface area contributed by atoms with Crippen LogP contribution in [0, 0.1) is 11.3 Å². The van der Waals surface area contributed by atoms with Crippen molar-refractivity contribution >= 4 is 17.5 Å². The molecule has 1 aromatic carbocycles. The molecule has 0 spiro atoms. The first kappa shape index (κ1) is 19.7. The van der Waals surface area contributed by atoms with Gasteiger partial charge in [0.25, 0.3) is 0 Å². The van der Waals surface area contributed by atoms with E-state index in [1.165, 1.54) is 0 Å². The third-order valence-electron chi connectivity index (χ3n) is 4.77. The number of piperazine rings is 1. The summed E-state index contributed by atoms with van der Waals surface area (Å²) in [5.74, 6) is 0.531. The molecule has 1 amide bonds. The fourth-order valence-electron chi connectivity index (χ4n) is 2.92. The van der Waals surface area contributed by atoms with Crippen molar-refractivity contribution in [3.05, 3.63) is 47.8 Å². The number of nitrogens with one attached hydrogen (secondary N) is 2. The lowest BCUT2D eigenvalue weighted by molar-refractivity contribution is -0.117. The summed E-state index contributed by atoms with van der Waals surface area (Å²) in [6.07, 6.45) is 1.76. The molecule has 8 nitrogen and oxygen atoms in total. The first-order valence-electron chi connectivity index (χ1n) is 9.35. The quantitative estimate of drug-likeness (QED) is 0.779. The topological polar surface area (TPSA) is 97.2 Å². The van der Waals surface area contributed by atoms with E-state index in [0.29, 0.717) is 17.8 Å². The van der Waals surface area contributed by atoms with Gasteiger partial charge in [-0.05, 0) is 32.2 Å². The second-order valence-corrected chi connectivity index (χ2v) is 6.89. The Hall–Kier alpha value is -3.02. The molecule has 0 radical (unpaired) electrons. The molecule has 2 N–H and O–H groups in total. The predicted octanol–water partition coefficient (Wildman–Crippen LogP) is 1.22. The van der Waals surface area contributed by atoms with Crippen molar-refractivity contribution < 1.29 is 4.79 Å². The molecule has 1 saturated heterocycles. The highest BCUT2D eigenvalue weighted by Gasteiger charge is 2.17. The summed E-state index contributed by atoms with van der Waals surface area (Å²) in [7, 11) is 2.11. The fourth-order valence-corrected chi connectivity index (χ4v) is 2.92. The lowest BCUT2D eigenvalue weighted by Gasteiger charge is -2.32. The Balaban J connectivity index is 1.55. The maximum absolute atomic E-state index is 12.4. The molecule has 2 heterocycles. The molecule has 3 rings (SSSR count). The second kappa shape index (κ2) is 9.26. The van der Waals surface area contributed by atoms with Crippen molar-refractivity contribution in [2.24, 2.45) is 0 Å². The van der Waals surface area contributed by atoms with Crippen molar-refractivity contribution in [3.8, 4) is 6.07 Å². The molecule has 1 unspecified atom stereocenters. The van der Waals surface area contributed by atoms with Crippen LogP contribution in [0.15, 0.2) is 36.5 Å². The standard InChI is InChI=1S/C20H25N7O/c1-15(19(28)25-18-6-4-3-5-16(18)13-21)23-14-17-7-8-22-20(24-17)27-11-9-26(2)10-12-27/h3-8,15,23H,9-12,14H2,1-2H3,(H,25,28). The van der Waals surface area contributed by atoms with E-state index >= 15 is 0 Å². The Bertz CT molecular complexity index is 856. The molecule has 1 atom stereocenters. The van der Waals surface area contributed by atoms with E-state index in [-0.39, 0.29) is 5.91 Å². The van der Waals surface area contributed by atoms with Crippen molar-refractivity contribution in [2.45, 2.75) is 19.5 Å².